The molecule has 0 spiro atoms. The SMILES string of the molecule is COC(=O)CCCCCNC(=O)N1CCN(c2cc3c(cc2F)c(=O)c(C(=O)O)cn3C2CC2)CC1. The fourth-order valence-electron chi connectivity index (χ4n) is 4.54. The van der Waals surface area contributed by atoms with Gasteiger partial charge in [-0.05, 0) is 37.8 Å². The first-order valence-electron chi connectivity index (χ1n) is 12.3. The second-order valence-corrected chi connectivity index (χ2v) is 9.23. The number of nitrogens with one attached hydrogen (secondary N) is 1. The van der Waals surface area contributed by atoms with E-state index in [4.69, 9.17) is 0 Å². The predicted molar refractivity (Wildman–Crippen MR) is 131 cm³/mol. The molecule has 1 aromatic carbocycles. The first-order chi connectivity index (χ1) is 17.3. The predicted octanol–water partition coefficient (Wildman–Crippen LogP) is 2.74. The van der Waals surface area contributed by atoms with Crippen LogP contribution in [0.1, 0.15) is 54.9 Å². The van der Waals surface area contributed by atoms with Crippen molar-refractivity contribution in [3.8, 4) is 0 Å². The van der Waals surface area contributed by atoms with Crippen LogP contribution in [0.5, 0.6) is 0 Å². The van der Waals surface area contributed by atoms with Gasteiger partial charge >= 0.3 is 18.0 Å². The minimum atomic E-state index is -1.32. The molecule has 0 bridgehead atoms. The van der Waals surface area contributed by atoms with Gasteiger partial charge in [-0.25, -0.2) is 14.0 Å². The van der Waals surface area contributed by atoms with E-state index in [1.807, 2.05) is 4.90 Å². The number of nitrogens with zero attached hydrogens (tertiary/aromatic N) is 3. The smallest absolute Gasteiger partial charge is 0.341 e. The molecule has 2 heterocycles. The average molecular weight is 503 g/mol. The number of unbranched alkanes of at least 4 members (excludes halogenated alkanes) is 2. The molecular formula is C25H31FN4O6. The Bertz CT molecular complexity index is 1220. The average Bonchev–Trinajstić information content (AvgIpc) is 3.71. The summed E-state index contributed by atoms with van der Waals surface area (Å²) in [5, 5.41) is 12.3. The summed E-state index contributed by atoms with van der Waals surface area (Å²) in [6.07, 6.45) is 5.78. The van der Waals surface area contributed by atoms with Gasteiger partial charge in [0.2, 0.25) is 5.43 Å². The molecule has 0 radical (unpaired) electrons. The Kier molecular flexibility index (Phi) is 7.76. The Labute approximate surface area is 207 Å². The van der Waals surface area contributed by atoms with Gasteiger partial charge < -0.3 is 29.5 Å². The lowest BCUT2D eigenvalue weighted by Gasteiger charge is -2.36. The van der Waals surface area contributed by atoms with Crippen LogP contribution in [0.3, 0.4) is 0 Å². The monoisotopic (exact) mass is 502 g/mol. The van der Waals surface area contributed by atoms with Crippen LogP contribution in [0.25, 0.3) is 10.9 Å². The third-order valence-electron chi connectivity index (χ3n) is 6.74. The molecule has 1 aromatic heterocycles. The first-order valence-corrected chi connectivity index (χ1v) is 12.3. The topological polar surface area (TPSA) is 121 Å². The minimum Gasteiger partial charge on any atom is -0.477 e. The highest BCUT2D eigenvalue weighted by Crippen LogP contribution is 2.38. The molecule has 4 rings (SSSR count). The highest BCUT2D eigenvalue weighted by molar-refractivity contribution is 5.93. The van der Waals surface area contributed by atoms with Gasteiger partial charge in [0.25, 0.3) is 0 Å². The first kappa shape index (κ1) is 25.5. The van der Waals surface area contributed by atoms with Crippen LogP contribution >= 0.6 is 0 Å². The summed E-state index contributed by atoms with van der Waals surface area (Å²) >= 11 is 0. The van der Waals surface area contributed by atoms with Crippen molar-refractivity contribution in [2.45, 2.75) is 44.6 Å². The third kappa shape index (κ3) is 5.60. The third-order valence-corrected chi connectivity index (χ3v) is 6.74. The molecule has 0 unspecified atom stereocenters. The zero-order valence-corrected chi connectivity index (χ0v) is 20.3. The summed E-state index contributed by atoms with van der Waals surface area (Å²) in [4.78, 5) is 51.3. The Morgan fingerprint density at radius 3 is 2.47 bits per heavy atom. The van der Waals surface area contributed by atoms with Gasteiger partial charge in [0.1, 0.15) is 11.4 Å². The van der Waals surface area contributed by atoms with E-state index in [1.165, 1.54) is 13.3 Å². The van der Waals surface area contributed by atoms with Gasteiger partial charge in [-0.1, -0.05) is 6.42 Å². The number of carbonyl (C=O) groups excluding carboxylic acids is 2. The molecule has 2 aliphatic rings. The number of hydrogen-bond donors (Lipinski definition) is 2. The van der Waals surface area contributed by atoms with Crippen molar-refractivity contribution in [3.05, 3.63) is 39.9 Å². The zero-order chi connectivity index (χ0) is 25.8. The highest BCUT2D eigenvalue weighted by Gasteiger charge is 2.29. The number of halogens is 1. The number of hydrogen-bond acceptors (Lipinski definition) is 6. The molecular weight excluding hydrogens is 471 g/mol. The molecule has 1 saturated carbocycles. The zero-order valence-electron chi connectivity index (χ0n) is 20.3. The molecule has 36 heavy (non-hydrogen) atoms. The van der Waals surface area contributed by atoms with Crippen LogP contribution in [0.4, 0.5) is 14.9 Å². The van der Waals surface area contributed by atoms with Crippen LogP contribution in [0.2, 0.25) is 0 Å². The number of anilines is 1. The fraction of sp³-hybridized carbons (Fsp3) is 0.520. The van der Waals surface area contributed by atoms with E-state index in [0.717, 1.165) is 31.7 Å². The number of aromatic carboxylic acids is 1. The number of piperazine rings is 1. The molecule has 194 valence electrons. The van der Waals surface area contributed by atoms with Crippen molar-refractivity contribution in [3.63, 3.8) is 0 Å². The summed E-state index contributed by atoms with van der Waals surface area (Å²) in [7, 11) is 1.36. The standard InChI is InChI=1S/C25H31FN4O6/c1-36-22(31)5-3-2-4-8-27-25(35)29-11-9-28(10-12-29)21-14-20-17(13-19(21)26)23(32)18(24(33)34)15-30(20)16-6-7-16/h13-16H,2-12H2,1H3,(H,27,35)(H,33,34). The van der Waals surface area contributed by atoms with Gasteiger partial charge in [0.05, 0.1) is 18.3 Å². The molecule has 2 aromatic rings. The number of ether oxygens (including phenoxy) is 1. The molecule has 0 atom stereocenters. The second-order valence-electron chi connectivity index (χ2n) is 9.23. The Morgan fingerprint density at radius 2 is 1.83 bits per heavy atom. The number of carbonyl (C=O) groups is 3. The van der Waals surface area contributed by atoms with E-state index in [-0.39, 0.29) is 29.0 Å². The number of carboxylic acid groups (broad SMARTS) is 1. The maximum Gasteiger partial charge on any atom is 0.341 e. The van der Waals surface area contributed by atoms with Gasteiger partial charge in [-0.2, -0.15) is 0 Å². The lowest BCUT2D eigenvalue weighted by molar-refractivity contribution is -0.140. The van der Waals surface area contributed by atoms with Crippen molar-refractivity contribution in [1.82, 2.24) is 14.8 Å². The van der Waals surface area contributed by atoms with E-state index < -0.39 is 17.2 Å². The number of carboxylic acids is 1. The van der Waals surface area contributed by atoms with Gasteiger partial charge in [-0.3, -0.25) is 9.59 Å². The van der Waals surface area contributed by atoms with Crippen molar-refractivity contribution in [2.75, 3.05) is 44.7 Å². The Hall–Kier alpha value is -3.63. The number of amides is 2. The maximum absolute atomic E-state index is 15.1. The summed E-state index contributed by atoms with van der Waals surface area (Å²) in [6, 6.07) is 2.69. The lowest BCUT2D eigenvalue weighted by atomic mass is 10.1. The lowest BCUT2D eigenvalue weighted by Crippen LogP contribution is -2.52. The van der Waals surface area contributed by atoms with Crippen molar-refractivity contribution in [1.29, 1.82) is 0 Å². The van der Waals surface area contributed by atoms with Crippen LogP contribution in [-0.2, 0) is 9.53 Å². The normalized spacial score (nSPS) is 15.7. The van der Waals surface area contributed by atoms with Crippen molar-refractivity contribution >= 4 is 34.6 Å². The Morgan fingerprint density at radius 1 is 1.11 bits per heavy atom. The number of benzene rings is 1. The fourth-order valence-corrected chi connectivity index (χ4v) is 4.54. The number of rotatable bonds is 9. The van der Waals surface area contributed by atoms with E-state index in [0.29, 0.717) is 56.8 Å². The molecule has 11 heteroatoms. The van der Waals surface area contributed by atoms with E-state index in [1.54, 1.807) is 15.5 Å². The van der Waals surface area contributed by atoms with E-state index in [2.05, 4.69) is 10.1 Å². The molecule has 1 aliphatic heterocycles. The van der Waals surface area contributed by atoms with Gasteiger partial charge in [-0.15, -0.1) is 0 Å². The molecule has 1 aliphatic carbocycles. The maximum atomic E-state index is 15.1. The number of methoxy groups -OCH3 is 1. The minimum absolute atomic E-state index is 0.0626. The molecule has 10 nitrogen and oxygen atoms in total. The second kappa shape index (κ2) is 11.0. The summed E-state index contributed by atoms with van der Waals surface area (Å²) in [5.74, 6) is -2.15. The van der Waals surface area contributed by atoms with Crippen LogP contribution in [-0.4, -0.2) is 72.4 Å². The summed E-state index contributed by atoms with van der Waals surface area (Å²) in [5.41, 5.74) is -0.183. The summed E-state index contributed by atoms with van der Waals surface area (Å²) < 4.78 is 21.5. The highest BCUT2D eigenvalue weighted by atomic mass is 19.1. The van der Waals surface area contributed by atoms with Crippen LogP contribution in [0.15, 0.2) is 23.1 Å². The number of fused-ring (bicyclic) bond motifs is 1. The largest absolute Gasteiger partial charge is 0.477 e. The van der Waals surface area contributed by atoms with E-state index >= 15 is 4.39 Å². The number of esters is 1. The molecule has 2 N–H and O–H groups in total. The molecule has 1 saturated heterocycles. The number of urea groups is 1. The summed E-state index contributed by atoms with van der Waals surface area (Å²) in [6.45, 7) is 2.19. The van der Waals surface area contributed by atoms with Gasteiger partial charge in [0, 0.05) is 56.8 Å². The Balaban J connectivity index is 1.38. The number of pyridine rings is 1. The van der Waals surface area contributed by atoms with Gasteiger partial charge in [0.15, 0.2) is 0 Å². The quantitative estimate of drug-likeness (QED) is 0.400. The van der Waals surface area contributed by atoms with Crippen molar-refractivity contribution < 1.29 is 28.6 Å². The van der Waals surface area contributed by atoms with Crippen LogP contribution in [0, 0.1) is 5.82 Å². The number of aromatic nitrogens is 1. The molecule has 2 fully saturated rings. The van der Waals surface area contributed by atoms with E-state index in [9.17, 15) is 24.3 Å². The molecule has 2 amide bonds. The van der Waals surface area contributed by atoms with Crippen molar-refractivity contribution in [2.24, 2.45) is 0 Å². The van der Waals surface area contributed by atoms with Crippen LogP contribution < -0.4 is 15.6 Å².